The van der Waals surface area contributed by atoms with E-state index in [1.807, 2.05) is 55.6 Å². The van der Waals surface area contributed by atoms with Gasteiger partial charge in [0.25, 0.3) is 5.91 Å². The molecule has 7 nitrogen and oxygen atoms in total. The molecule has 0 spiro atoms. The van der Waals surface area contributed by atoms with Crippen molar-refractivity contribution in [2.75, 3.05) is 23.9 Å². The summed E-state index contributed by atoms with van der Waals surface area (Å²) in [5.41, 5.74) is 5.07. The zero-order valence-electron chi connectivity index (χ0n) is 20.0. The fourth-order valence-corrected chi connectivity index (χ4v) is 4.70. The number of benzene rings is 2. The normalized spacial score (nSPS) is 16.1. The molecule has 34 heavy (non-hydrogen) atoms. The molecule has 2 heterocycles. The molecule has 1 aliphatic heterocycles. The van der Waals surface area contributed by atoms with Crippen molar-refractivity contribution in [3.8, 4) is 17.0 Å². The predicted octanol–water partition coefficient (Wildman–Crippen LogP) is 4.76. The Hall–Kier alpha value is -3.23. The fraction of sp³-hybridized carbons (Fsp3) is 0.346. The molecule has 8 heteroatoms. The standard InChI is InChI=1S/C26H29N3O4S/c1-15-7-6-8-20(16(15)2)28-25(30)17(3)29-22-13-19(9-10-23(22)33-18(4)26(29)31)21-14-34-24(27-21)11-12-32-5/h6-10,13-14,17-18H,11-12H2,1-5H3,(H,28,30). The predicted molar refractivity (Wildman–Crippen MR) is 135 cm³/mol. The van der Waals surface area contributed by atoms with Crippen molar-refractivity contribution in [1.29, 1.82) is 0 Å². The molecule has 2 unspecified atom stereocenters. The summed E-state index contributed by atoms with van der Waals surface area (Å²) in [4.78, 5) is 32.6. The van der Waals surface area contributed by atoms with E-state index in [4.69, 9.17) is 14.5 Å². The summed E-state index contributed by atoms with van der Waals surface area (Å²) in [6.07, 6.45) is 0.0571. The summed E-state index contributed by atoms with van der Waals surface area (Å²) in [7, 11) is 1.67. The van der Waals surface area contributed by atoms with Crippen LogP contribution < -0.4 is 15.0 Å². The Balaban J connectivity index is 1.64. The monoisotopic (exact) mass is 479 g/mol. The quantitative estimate of drug-likeness (QED) is 0.529. The van der Waals surface area contributed by atoms with E-state index in [1.165, 1.54) is 4.90 Å². The van der Waals surface area contributed by atoms with Crippen molar-refractivity contribution in [2.45, 2.75) is 46.3 Å². The molecule has 2 aromatic carbocycles. The van der Waals surface area contributed by atoms with Gasteiger partial charge >= 0.3 is 0 Å². The van der Waals surface area contributed by atoms with E-state index >= 15 is 0 Å². The number of carbonyl (C=O) groups excluding carboxylic acids is 2. The minimum absolute atomic E-state index is 0.257. The van der Waals surface area contributed by atoms with Gasteiger partial charge in [-0.25, -0.2) is 4.98 Å². The highest BCUT2D eigenvalue weighted by molar-refractivity contribution is 7.09. The smallest absolute Gasteiger partial charge is 0.268 e. The molecule has 2 amide bonds. The van der Waals surface area contributed by atoms with E-state index in [2.05, 4.69) is 5.32 Å². The maximum absolute atomic E-state index is 13.2. The lowest BCUT2D eigenvalue weighted by Gasteiger charge is -2.36. The highest BCUT2D eigenvalue weighted by atomic mass is 32.1. The topological polar surface area (TPSA) is 80.8 Å². The third-order valence-electron chi connectivity index (χ3n) is 6.10. The first-order valence-electron chi connectivity index (χ1n) is 11.2. The van der Waals surface area contributed by atoms with Gasteiger partial charge in [0.05, 0.1) is 23.0 Å². The average molecular weight is 480 g/mol. The number of hydrogen-bond donors (Lipinski definition) is 1. The van der Waals surface area contributed by atoms with Crippen LogP contribution in [0.15, 0.2) is 41.8 Å². The van der Waals surface area contributed by atoms with Crippen LogP contribution in [0, 0.1) is 13.8 Å². The molecular weight excluding hydrogens is 450 g/mol. The number of anilines is 2. The molecular formula is C26H29N3O4S. The number of aryl methyl sites for hydroxylation is 1. The summed E-state index contributed by atoms with van der Waals surface area (Å²) in [6, 6.07) is 10.7. The number of hydrogen-bond acceptors (Lipinski definition) is 6. The number of amides is 2. The van der Waals surface area contributed by atoms with Gasteiger partial charge in [-0.05, 0) is 63.1 Å². The van der Waals surface area contributed by atoms with Crippen LogP contribution in [0.2, 0.25) is 0 Å². The molecule has 0 fully saturated rings. The Kier molecular flexibility index (Phi) is 7.00. The highest BCUT2D eigenvalue weighted by Crippen LogP contribution is 2.39. The van der Waals surface area contributed by atoms with Gasteiger partial charge in [-0.15, -0.1) is 11.3 Å². The maximum Gasteiger partial charge on any atom is 0.268 e. The zero-order valence-corrected chi connectivity index (χ0v) is 20.9. The third-order valence-corrected chi connectivity index (χ3v) is 7.01. The summed E-state index contributed by atoms with van der Waals surface area (Å²) in [5, 5.41) is 5.96. The number of nitrogens with zero attached hydrogens (tertiary/aromatic N) is 2. The second kappa shape index (κ2) is 9.95. The number of rotatable bonds is 7. The van der Waals surface area contributed by atoms with E-state index in [1.54, 1.807) is 32.3 Å². The molecule has 0 saturated heterocycles. The average Bonchev–Trinajstić information content (AvgIpc) is 3.30. The van der Waals surface area contributed by atoms with Gasteiger partial charge in [0, 0.05) is 30.2 Å². The van der Waals surface area contributed by atoms with Gasteiger partial charge in [0.2, 0.25) is 5.91 Å². The first-order valence-corrected chi connectivity index (χ1v) is 12.1. The lowest BCUT2D eigenvalue weighted by Crippen LogP contribution is -2.52. The molecule has 178 valence electrons. The summed E-state index contributed by atoms with van der Waals surface area (Å²) in [6.45, 7) is 8.01. The summed E-state index contributed by atoms with van der Waals surface area (Å²) < 4.78 is 11.0. The first kappa shape index (κ1) is 23.9. The maximum atomic E-state index is 13.2. The van der Waals surface area contributed by atoms with E-state index in [9.17, 15) is 9.59 Å². The molecule has 3 aromatic rings. The second-order valence-electron chi connectivity index (χ2n) is 8.43. The Morgan fingerprint density at radius 3 is 2.85 bits per heavy atom. The third kappa shape index (κ3) is 4.69. The van der Waals surface area contributed by atoms with Gasteiger partial charge < -0.3 is 14.8 Å². The number of carbonyl (C=O) groups is 2. The van der Waals surface area contributed by atoms with E-state index in [0.29, 0.717) is 18.0 Å². The van der Waals surface area contributed by atoms with E-state index in [-0.39, 0.29) is 11.8 Å². The zero-order chi connectivity index (χ0) is 24.4. The lowest BCUT2D eigenvalue weighted by atomic mass is 10.1. The number of thiazole rings is 1. The largest absolute Gasteiger partial charge is 0.479 e. The van der Waals surface area contributed by atoms with Crippen LogP contribution in [0.4, 0.5) is 11.4 Å². The van der Waals surface area contributed by atoms with Crippen LogP contribution in [0.1, 0.15) is 30.0 Å². The summed E-state index contributed by atoms with van der Waals surface area (Å²) in [5.74, 6) is 0.0485. The minimum atomic E-state index is -0.736. The summed E-state index contributed by atoms with van der Waals surface area (Å²) >= 11 is 1.57. The van der Waals surface area contributed by atoms with Crippen molar-refractivity contribution < 1.29 is 19.1 Å². The fourth-order valence-electron chi connectivity index (χ4n) is 3.91. The molecule has 4 rings (SSSR count). The molecule has 2 atom stereocenters. The number of fused-ring (bicyclic) bond motifs is 1. The Morgan fingerprint density at radius 2 is 2.09 bits per heavy atom. The van der Waals surface area contributed by atoms with Crippen molar-refractivity contribution in [1.82, 2.24) is 4.98 Å². The van der Waals surface area contributed by atoms with Gasteiger partial charge in [-0.3, -0.25) is 14.5 Å². The minimum Gasteiger partial charge on any atom is -0.479 e. The Labute approximate surface area is 203 Å². The van der Waals surface area contributed by atoms with Gasteiger partial charge in [-0.1, -0.05) is 12.1 Å². The van der Waals surface area contributed by atoms with Crippen LogP contribution in [0.3, 0.4) is 0 Å². The van der Waals surface area contributed by atoms with Crippen LogP contribution >= 0.6 is 11.3 Å². The Morgan fingerprint density at radius 1 is 1.29 bits per heavy atom. The van der Waals surface area contributed by atoms with Crippen molar-refractivity contribution in [3.63, 3.8) is 0 Å². The van der Waals surface area contributed by atoms with Crippen LogP contribution in [-0.2, 0) is 20.7 Å². The second-order valence-corrected chi connectivity index (χ2v) is 9.38. The van der Waals surface area contributed by atoms with Crippen molar-refractivity contribution in [3.05, 3.63) is 57.9 Å². The van der Waals surface area contributed by atoms with Gasteiger partial charge in [-0.2, -0.15) is 0 Å². The Bertz CT molecular complexity index is 1220. The molecule has 0 saturated carbocycles. The van der Waals surface area contributed by atoms with E-state index in [0.717, 1.165) is 39.5 Å². The van der Waals surface area contributed by atoms with Gasteiger partial charge in [0.1, 0.15) is 11.8 Å². The van der Waals surface area contributed by atoms with Gasteiger partial charge in [0.15, 0.2) is 6.10 Å². The van der Waals surface area contributed by atoms with Crippen LogP contribution in [0.5, 0.6) is 5.75 Å². The molecule has 1 aliphatic rings. The molecule has 1 N–H and O–H groups in total. The van der Waals surface area contributed by atoms with Crippen LogP contribution in [-0.4, -0.2) is 42.7 Å². The van der Waals surface area contributed by atoms with Crippen molar-refractivity contribution >= 4 is 34.5 Å². The molecule has 0 aliphatic carbocycles. The van der Waals surface area contributed by atoms with E-state index < -0.39 is 12.1 Å². The lowest BCUT2D eigenvalue weighted by molar-refractivity contribution is -0.128. The number of nitrogens with one attached hydrogen (secondary N) is 1. The molecule has 0 radical (unpaired) electrons. The van der Waals surface area contributed by atoms with Crippen LogP contribution in [0.25, 0.3) is 11.3 Å². The van der Waals surface area contributed by atoms with Crippen molar-refractivity contribution in [2.24, 2.45) is 0 Å². The first-order chi connectivity index (χ1) is 16.3. The highest BCUT2D eigenvalue weighted by Gasteiger charge is 2.37. The molecule has 0 bridgehead atoms. The molecule has 1 aromatic heterocycles. The SMILES string of the molecule is COCCc1nc(-c2ccc3c(c2)N(C(C)C(=O)Nc2cccc(C)c2C)C(=O)C(C)O3)cs1. The number of methoxy groups -OCH3 is 1. The number of ether oxygens (including phenoxy) is 2. The number of aromatic nitrogens is 1.